The third-order valence-corrected chi connectivity index (χ3v) is 7.47. The Labute approximate surface area is 189 Å². The number of sulfone groups is 1. The van der Waals surface area contributed by atoms with E-state index in [1.165, 1.54) is 11.4 Å². The van der Waals surface area contributed by atoms with Gasteiger partial charge >= 0.3 is 0 Å². The number of carbonyl (C=O) groups excluding carboxylic acids is 1. The van der Waals surface area contributed by atoms with Crippen LogP contribution in [0.2, 0.25) is 0 Å². The van der Waals surface area contributed by atoms with E-state index in [2.05, 4.69) is 10.1 Å². The van der Waals surface area contributed by atoms with Crippen LogP contribution in [0.5, 0.6) is 5.75 Å². The van der Waals surface area contributed by atoms with E-state index >= 15 is 0 Å². The zero-order valence-electron chi connectivity index (χ0n) is 18.1. The minimum atomic E-state index is -3.10. The fraction of sp³-hybridized carbons (Fsp3) is 0.273. The van der Waals surface area contributed by atoms with Crippen molar-refractivity contribution in [2.45, 2.75) is 6.92 Å². The van der Waals surface area contributed by atoms with Gasteiger partial charge in [-0.2, -0.15) is 9.61 Å². The molecular formula is C22H22N6O4S. The fourth-order valence-electron chi connectivity index (χ4n) is 4.07. The number of Topliss-reactive ketones (excluding diaryl/α,β-unsaturated/α-hetero) is 1. The van der Waals surface area contributed by atoms with Crippen molar-refractivity contribution in [3.05, 3.63) is 42.2 Å². The summed E-state index contributed by atoms with van der Waals surface area (Å²) in [6.45, 7) is 1.90. The number of aromatic nitrogens is 4. The quantitative estimate of drug-likeness (QED) is 0.448. The average Bonchev–Trinajstić information content (AvgIpc) is 3.22. The highest BCUT2D eigenvalue weighted by molar-refractivity contribution is 7.91. The number of nitrogens with zero attached hydrogens (tertiary/aromatic N) is 5. The largest absolute Gasteiger partial charge is 0.497 e. The molecule has 0 radical (unpaired) electrons. The molecule has 11 heteroatoms. The molecule has 0 atom stereocenters. The molecule has 1 aromatic carbocycles. The lowest BCUT2D eigenvalue weighted by molar-refractivity contribution is 0.101. The normalized spacial score (nSPS) is 15.8. The van der Waals surface area contributed by atoms with E-state index in [0.717, 1.165) is 22.2 Å². The molecule has 0 amide bonds. The Kier molecular flexibility index (Phi) is 4.93. The monoisotopic (exact) mass is 466 g/mol. The minimum absolute atomic E-state index is 0.00128. The van der Waals surface area contributed by atoms with Gasteiger partial charge in [0.1, 0.15) is 22.9 Å². The number of rotatable bonds is 4. The van der Waals surface area contributed by atoms with Crippen molar-refractivity contribution in [3.8, 4) is 16.9 Å². The van der Waals surface area contributed by atoms with E-state index in [9.17, 15) is 13.2 Å². The van der Waals surface area contributed by atoms with Crippen LogP contribution in [-0.4, -0.2) is 65.5 Å². The highest BCUT2D eigenvalue weighted by Crippen LogP contribution is 2.32. The van der Waals surface area contributed by atoms with Gasteiger partial charge in [0.15, 0.2) is 21.3 Å². The second-order valence-corrected chi connectivity index (χ2v) is 10.3. The number of hydrogen-bond donors (Lipinski definition) is 1. The smallest absolute Gasteiger partial charge is 0.167 e. The lowest BCUT2D eigenvalue weighted by Crippen LogP contribution is -2.41. The molecule has 4 aromatic rings. The number of carbonyl (C=O) groups is 1. The van der Waals surface area contributed by atoms with Crippen LogP contribution in [0, 0.1) is 0 Å². The van der Waals surface area contributed by atoms with Crippen LogP contribution in [0.15, 0.2) is 36.7 Å². The standard InChI is InChI=1S/C22H22N6O4S/c1-13(29)19-20(23)28-21(26-22(19)27-5-7-33(30,31)8-6-27)17(12-25-28)15-9-14-3-4-16(32-2)10-18(14)24-11-15/h3-4,9-12H,5-8,23H2,1-2H3. The summed E-state index contributed by atoms with van der Waals surface area (Å²) in [5.41, 5.74) is 9.34. The summed E-state index contributed by atoms with van der Waals surface area (Å²) in [7, 11) is -1.49. The number of nitrogens with two attached hydrogens (primary N) is 1. The van der Waals surface area contributed by atoms with Gasteiger partial charge < -0.3 is 15.4 Å². The maximum absolute atomic E-state index is 12.4. The van der Waals surface area contributed by atoms with Crippen LogP contribution in [0.25, 0.3) is 27.7 Å². The van der Waals surface area contributed by atoms with Gasteiger partial charge in [0.2, 0.25) is 0 Å². The van der Waals surface area contributed by atoms with Crippen LogP contribution < -0.4 is 15.4 Å². The van der Waals surface area contributed by atoms with Crippen molar-refractivity contribution in [2.24, 2.45) is 0 Å². The molecular weight excluding hydrogens is 444 g/mol. The van der Waals surface area contributed by atoms with Gasteiger partial charge in [0.25, 0.3) is 0 Å². The number of hydrogen-bond acceptors (Lipinski definition) is 9. The number of ether oxygens (including phenoxy) is 1. The topological polar surface area (TPSA) is 133 Å². The van der Waals surface area contributed by atoms with Crippen LogP contribution in [0.4, 0.5) is 11.6 Å². The van der Waals surface area contributed by atoms with Crippen LogP contribution in [0.3, 0.4) is 0 Å². The van der Waals surface area contributed by atoms with E-state index in [-0.39, 0.29) is 41.8 Å². The van der Waals surface area contributed by atoms with Crippen LogP contribution in [0.1, 0.15) is 17.3 Å². The first-order valence-electron chi connectivity index (χ1n) is 10.3. The predicted molar refractivity (Wildman–Crippen MR) is 126 cm³/mol. The van der Waals surface area contributed by atoms with E-state index in [0.29, 0.717) is 17.0 Å². The molecule has 0 aliphatic carbocycles. The summed E-state index contributed by atoms with van der Waals surface area (Å²) in [5, 5.41) is 5.29. The Morgan fingerprint density at radius 2 is 1.91 bits per heavy atom. The first kappa shape index (κ1) is 21.1. The second-order valence-electron chi connectivity index (χ2n) is 7.97. The van der Waals surface area contributed by atoms with Crippen molar-refractivity contribution < 1.29 is 17.9 Å². The molecule has 5 rings (SSSR count). The number of pyridine rings is 1. The molecule has 0 saturated carbocycles. The van der Waals surface area contributed by atoms with E-state index < -0.39 is 9.84 Å². The molecule has 1 aliphatic heterocycles. The van der Waals surface area contributed by atoms with Crippen molar-refractivity contribution in [3.63, 3.8) is 0 Å². The van der Waals surface area contributed by atoms with Gasteiger partial charge in [0.05, 0.1) is 30.3 Å². The Hall–Kier alpha value is -3.73. The molecule has 3 aromatic heterocycles. The SMILES string of the molecule is COc1ccc2cc(-c3cnn4c(N)c(C(C)=O)c(N5CCS(=O)(=O)CC5)nc34)cnc2c1. The first-order valence-corrected chi connectivity index (χ1v) is 12.2. The molecule has 0 unspecified atom stereocenters. The van der Waals surface area contributed by atoms with Gasteiger partial charge in [-0.3, -0.25) is 9.78 Å². The summed E-state index contributed by atoms with van der Waals surface area (Å²) < 4.78 is 30.5. The zero-order valence-corrected chi connectivity index (χ0v) is 19.0. The highest BCUT2D eigenvalue weighted by Gasteiger charge is 2.28. The third kappa shape index (κ3) is 3.63. The molecule has 1 saturated heterocycles. The maximum Gasteiger partial charge on any atom is 0.167 e. The summed E-state index contributed by atoms with van der Waals surface area (Å²) in [4.78, 5) is 23.5. The Balaban J connectivity index is 1.66. The van der Waals surface area contributed by atoms with Crippen molar-refractivity contribution in [1.29, 1.82) is 0 Å². The van der Waals surface area contributed by atoms with Crippen LogP contribution in [-0.2, 0) is 9.84 Å². The Morgan fingerprint density at radius 1 is 1.15 bits per heavy atom. The molecule has 1 fully saturated rings. The van der Waals surface area contributed by atoms with E-state index in [4.69, 9.17) is 15.5 Å². The van der Waals surface area contributed by atoms with Gasteiger partial charge in [-0.25, -0.2) is 13.4 Å². The molecule has 1 aliphatic rings. The van der Waals surface area contributed by atoms with Gasteiger partial charge in [0, 0.05) is 41.9 Å². The first-order chi connectivity index (χ1) is 15.8. The summed E-state index contributed by atoms with van der Waals surface area (Å²) in [6, 6.07) is 7.61. The summed E-state index contributed by atoms with van der Waals surface area (Å²) in [6.07, 6.45) is 3.36. The van der Waals surface area contributed by atoms with Crippen LogP contribution >= 0.6 is 0 Å². The van der Waals surface area contributed by atoms with Gasteiger partial charge in [-0.15, -0.1) is 0 Å². The number of methoxy groups -OCH3 is 1. The lowest BCUT2D eigenvalue weighted by atomic mass is 10.1. The minimum Gasteiger partial charge on any atom is -0.497 e. The van der Waals surface area contributed by atoms with E-state index in [1.807, 2.05) is 24.3 Å². The zero-order chi connectivity index (χ0) is 23.3. The predicted octanol–water partition coefficient (Wildman–Crippen LogP) is 1.97. The number of ketones is 1. The summed E-state index contributed by atoms with van der Waals surface area (Å²) in [5.74, 6) is 1.01. The fourth-order valence-corrected chi connectivity index (χ4v) is 5.27. The van der Waals surface area contributed by atoms with Gasteiger partial charge in [-0.05, 0) is 25.1 Å². The molecule has 0 spiro atoms. The molecule has 2 N–H and O–H groups in total. The number of nitrogen functional groups attached to an aromatic ring is 1. The molecule has 10 nitrogen and oxygen atoms in total. The third-order valence-electron chi connectivity index (χ3n) is 5.86. The lowest BCUT2D eigenvalue weighted by Gasteiger charge is -2.29. The summed E-state index contributed by atoms with van der Waals surface area (Å²) >= 11 is 0. The van der Waals surface area contributed by atoms with Crippen molar-refractivity contribution in [2.75, 3.05) is 42.3 Å². The molecule has 4 heterocycles. The van der Waals surface area contributed by atoms with Crippen molar-refractivity contribution in [1.82, 2.24) is 19.6 Å². The average molecular weight is 467 g/mol. The Morgan fingerprint density at radius 3 is 2.61 bits per heavy atom. The second kappa shape index (κ2) is 7.69. The number of anilines is 2. The van der Waals surface area contributed by atoms with Crippen molar-refractivity contribution >= 4 is 43.8 Å². The molecule has 33 heavy (non-hydrogen) atoms. The Bertz CT molecular complexity index is 1520. The number of fused-ring (bicyclic) bond motifs is 2. The van der Waals surface area contributed by atoms with Gasteiger partial charge in [-0.1, -0.05) is 0 Å². The highest BCUT2D eigenvalue weighted by atomic mass is 32.2. The number of benzene rings is 1. The molecule has 0 bridgehead atoms. The van der Waals surface area contributed by atoms with E-state index in [1.54, 1.807) is 24.4 Å². The maximum atomic E-state index is 12.4. The molecule has 170 valence electrons.